The first kappa shape index (κ1) is 13.9. The number of pyridine rings is 1. The molecule has 3 N–H and O–H groups in total. The summed E-state index contributed by atoms with van der Waals surface area (Å²) in [7, 11) is -3.93. The summed E-state index contributed by atoms with van der Waals surface area (Å²) >= 11 is 11.7. The van der Waals surface area contributed by atoms with Crippen molar-refractivity contribution >= 4 is 44.6 Å². The topological polar surface area (TPSA) is 85.1 Å². The molecule has 100 valence electrons. The Morgan fingerprint density at radius 1 is 1.16 bits per heavy atom. The molecule has 1 aromatic carbocycles. The van der Waals surface area contributed by atoms with Crippen molar-refractivity contribution in [1.82, 2.24) is 4.98 Å². The summed E-state index contributed by atoms with van der Waals surface area (Å²) in [5.74, 6) is 0. The van der Waals surface area contributed by atoms with E-state index < -0.39 is 10.0 Å². The molecule has 0 saturated heterocycles. The number of hydrogen-bond acceptors (Lipinski definition) is 4. The van der Waals surface area contributed by atoms with Gasteiger partial charge in [-0.3, -0.25) is 9.71 Å². The van der Waals surface area contributed by atoms with Gasteiger partial charge >= 0.3 is 0 Å². The van der Waals surface area contributed by atoms with Crippen molar-refractivity contribution in [2.75, 3.05) is 10.5 Å². The minimum Gasteiger partial charge on any atom is -0.398 e. The Balaban J connectivity index is 2.47. The van der Waals surface area contributed by atoms with Crippen LogP contribution in [0.3, 0.4) is 0 Å². The van der Waals surface area contributed by atoms with Crippen LogP contribution in [0, 0.1) is 0 Å². The van der Waals surface area contributed by atoms with Gasteiger partial charge in [0.25, 0.3) is 10.0 Å². The van der Waals surface area contributed by atoms with Gasteiger partial charge < -0.3 is 5.73 Å². The Morgan fingerprint density at radius 2 is 1.89 bits per heavy atom. The van der Waals surface area contributed by atoms with Crippen molar-refractivity contribution < 1.29 is 8.42 Å². The molecule has 1 heterocycles. The first-order valence-corrected chi connectivity index (χ1v) is 7.32. The van der Waals surface area contributed by atoms with Gasteiger partial charge in [-0.05, 0) is 18.2 Å². The van der Waals surface area contributed by atoms with Crippen molar-refractivity contribution in [3.8, 4) is 0 Å². The standard InChI is InChI=1S/C11H9Cl2N3O2S/c12-7-4-5-15-6-10(7)16-19(17,18)11-8(13)2-1-3-9(11)14/h1-6,16H,14H2. The Hall–Kier alpha value is -1.50. The zero-order valence-electron chi connectivity index (χ0n) is 9.47. The van der Waals surface area contributed by atoms with E-state index in [0.717, 1.165) is 0 Å². The van der Waals surface area contributed by atoms with Crippen molar-refractivity contribution in [1.29, 1.82) is 0 Å². The maximum Gasteiger partial charge on any atom is 0.265 e. The number of nitrogens with zero attached hydrogens (tertiary/aromatic N) is 1. The lowest BCUT2D eigenvalue weighted by atomic mass is 10.3. The second-order valence-corrected chi connectivity index (χ2v) is 6.05. The average molecular weight is 318 g/mol. The molecule has 0 aliphatic carbocycles. The molecule has 1 aromatic heterocycles. The molecule has 0 aliphatic rings. The molecule has 8 heteroatoms. The van der Waals surface area contributed by atoms with Crippen molar-refractivity contribution in [2.45, 2.75) is 4.90 Å². The fourth-order valence-corrected chi connectivity index (χ4v) is 3.41. The lowest BCUT2D eigenvalue weighted by molar-refractivity contribution is 0.601. The fraction of sp³-hybridized carbons (Fsp3) is 0. The number of rotatable bonds is 3. The zero-order chi connectivity index (χ0) is 14.0. The van der Waals surface area contributed by atoms with E-state index in [9.17, 15) is 8.42 Å². The van der Waals surface area contributed by atoms with Crippen LogP contribution >= 0.6 is 23.2 Å². The molecule has 0 atom stereocenters. The number of hydrogen-bond donors (Lipinski definition) is 2. The molecule has 19 heavy (non-hydrogen) atoms. The number of halogens is 2. The van der Waals surface area contributed by atoms with Crippen molar-refractivity contribution in [2.24, 2.45) is 0 Å². The molecule has 2 aromatic rings. The summed E-state index contributed by atoms with van der Waals surface area (Å²) in [4.78, 5) is 3.61. The molecular formula is C11H9Cl2N3O2S. The van der Waals surface area contributed by atoms with E-state index in [1.165, 1.54) is 30.6 Å². The minimum absolute atomic E-state index is 0.0347. The van der Waals surface area contributed by atoms with Crippen molar-refractivity contribution in [3.63, 3.8) is 0 Å². The zero-order valence-corrected chi connectivity index (χ0v) is 11.8. The number of anilines is 2. The third-order valence-electron chi connectivity index (χ3n) is 2.28. The van der Waals surface area contributed by atoms with Crippen LogP contribution in [0.15, 0.2) is 41.6 Å². The van der Waals surface area contributed by atoms with E-state index in [1.54, 1.807) is 6.07 Å². The van der Waals surface area contributed by atoms with Crippen molar-refractivity contribution in [3.05, 3.63) is 46.7 Å². The van der Waals surface area contributed by atoms with Gasteiger partial charge in [-0.25, -0.2) is 8.42 Å². The summed E-state index contributed by atoms with van der Waals surface area (Å²) in [6.07, 6.45) is 2.75. The van der Waals surface area contributed by atoms with Crippen LogP contribution in [-0.2, 0) is 10.0 Å². The average Bonchev–Trinajstić information content (AvgIpc) is 2.31. The Labute approximate surface area is 120 Å². The maximum absolute atomic E-state index is 12.2. The van der Waals surface area contributed by atoms with Crippen LogP contribution in [0.5, 0.6) is 0 Å². The predicted molar refractivity (Wildman–Crippen MR) is 75.9 cm³/mol. The predicted octanol–water partition coefficient (Wildman–Crippen LogP) is 2.77. The summed E-state index contributed by atoms with van der Waals surface area (Å²) in [5, 5.41) is 0.261. The third kappa shape index (κ3) is 2.91. The summed E-state index contributed by atoms with van der Waals surface area (Å²) in [5.41, 5.74) is 5.86. The SMILES string of the molecule is Nc1cccc(Cl)c1S(=O)(=O)Nc1cnccc1Cl. The summed E-state index contributed by atoms with van der Waals surface area (Å²) in [6.45, 7) is 0. The molecule has 0 amide bonds. The van der Waals surface area contributed by atoms with E-state index in [4.69, 9.17) is 28.9 Å². The van der Waals surface area contributed by atoms with Gasteiger partial charge in [-0.15, -0.1) is 0 Å². The van der Waals surface area contributed by atoms with Gasteiger partial charge in [-0.1, -0.05) is 29.3 Å². The lowest BCUT2D eigenvalue weighted by Gasteiger charge is -2.12. The third-order valence-corrected chi connectivity index (χ3v) is 4.52. The first-order chi connectivity index (χ1) is 8.92. The highest BCUT2D eigenvalue weighted by Gasteiger charge is 2.22. The maximum atomic E-state index is 12.2. The van der Waals surface area contributed by atoms with E-state index in [0.29, 0.717) is 0 Å². The highest BCUT2D eigenvalue weighted by Crippen LogP contribution is 2.30. The van der Waals surface area contributed by atoms with E-state index in [-0.39, 0.29) is 26.3 Å². The monoisotopic (exact) mass is 317 g/mol. The number of sulfonamides is 1. The normalized spacial score (nSPS) is 11.3. The van der Waals surface area contributed by atoms with E-state index in [1.807, 2.05) is 0 Å². The molecule has 0 spiro atoms. The number of benzene rings is 1. The Morgan fingerprint density at radius 3 is 2.53 bits per heavy atom. The molecule has 0 unspecified atom stereocenters. The quantitative estimate of drug-likeness (QED) is 0.852. The van der Waals surface area contributed by atoms with Crippen LogP contribution in [0.1, 0.15) is 0 Å². The van der Waals surface area contributed by atoms with Crippen LogP contribution < -0.4 is 10.5 Å². The molecular weight excluding hydrogens is 309 g/mol. The van der Waals surface area contributed by atoms with Gasteiger partial charge in [0.05, 0.1) is 27.6 Å². The van der Waals surface area contributed by atoms with Gasteiger partial charge in [0.15, 0.2) is 0 Å². The molecule has 0 fully saturated rings. The summed E-state index contributed by atoms with van der Waals surface area (Å²) < 4.78 is 26.8. The minimum atomic E-state index is -3.93. The van der Waals surface area contributed by atoms with E-state index in [2.05, 4.69) is 9.71 Å². The smallest absolute Gasteiger partial charge is 0.265 e. The summed E-state index contributed by atoms with van der Waals surface area (Å²) in [6, 6.07) is 5.92. The Kier molecular flexibility index (Phi) is 3.84. The molecule has 0 radical (unpaired) electrons. The number of nitrogens with two attached hydrogens (primary N) is 1. The number of nitrogens with one attached hydrogen (secondary N) is 1. The largest absolute Gasteiger partial charge is 0.398 e. The van der Waals surface area contributed by atoms with Gasteiger partial charge in [0.1, 0.15) is 4.90 Å². The number of aromatic nitrogens is 1. The molecule has 5 nitrogen and oxygen atoms in total. The van der Waals surface area contributed by atoms with Crippen LogP contribution in [0.4, 0.5) is 11.4 Å². The highest BCUT2D eigenvalue weighted by molar-refractivity contribution is 7.93. The number of nitrogen functional groups attached to an aromatic ring is 1. The molecule has 0 saturated carbocycles. The van der Waals surface area contributed by atoms with Gasteiger partial charge in [-0.2, -0.15) is 0 Å². The van der Waals surface area contributed by atoms with Gasteiger partial charge in [0, 0.05) is 6.20 Å². The molecule has 0 aliphatic heterocycles. The van der Waals surface area contributed by atoms with E-state index >= 15 is 0 Å². The molecule has 2 rings (SSSR count). The fourth-order valence-electron chi connectivity index (χ4n) is 1.46. The second-order valence-electron chi connectivity index (χ2n) is 3.62. The first-order valence-electron chi connectivity index (χ1n) is 5.08. The van der Waals surface area contributed by atoms with Gasteiger partial charge in [0.2, 0.25) is 0 Å². The Bertz CT molecular complexity index is 699. The van der Waals surface area contributed by atoms with Crippen LogP contribution in [0.2, 0.25) is 10.0 Å². The van der Waals surface area contributed by atoms with Crippen LogP contribution in [-0.4, -0.2) is 13.4 Å². The highest BCUT2D eigenvalue weighted by atomic mass is 35.5. The molecule has 0 bridgehead atoms. The van der Waals surface area contributed by atoms with Crippen LogP contribution in [0.25, 0.3) is 0 Å². The lowest BCUT2D eigenvalue weighted by Crippen LogP contribution is -2.15. The second kappa shape index (κ2) is 5.24.